The number of nitro groups is 1. The Morgan fingerprint density at radius 2 is 1.71 bits per heavy atom. The fourth-order valence-electron chi connectivity index (χ4n) is 0. The first kappa shape index (κ1) is 15.7. The second kappa shape index (κ2) is 16.1. The fraction of sp³-hybridized carbons (Fsp3) is 0. The summed E-state index contributed by atoms with van der Waals surface area (Å²) in [5.41, 5.74) is 0. The van der Waals surface area contributed by atoms with E-state index in [0.717, 1.165) is 0 Å². The number of rotatable bonds is 0. The van der Waals surface area contributed by atoms with Gasteiger partial charge in [0.15, 0.2) is 0 Å². The van der Waals surface area contributed by atoms with Gasteiger partial charge in [0.25, 0.3) is 0 Å². The minimum absolute atomic E-state index is 0. The third kappa shape index (κ3) is 743. The minimum atomic E-state index is -0.750. The van der Waals surface area contributed by atoms with Crippen LogP contribution in [-0.4, -0.2) is 3.94 Å². The molecule has 0 aromatic carbocycles. The van der Waals surface area contributed by atoms with Crippen molar-refractivity contribution in [1.29, 1.82) is 5.26 Å². The summed E-state index contributed by atoms with van der Waals surface area (Å²) in [6, 6.07) is 0. The van der Waals surface area contributed by atoms with E-state index >= 15 is 0 Å². The molecular weight excluding hydrogens is 151 g/mol. The van der Waals surface area contributed by atoms with Crippen LogP contribution in [0.25, 0.3) is 0 Å². The molecule has 0 heterocycles. The summed E-state index contributed by atoms with van der Waals surface area (Å²) in [7, 11) is 0. The zero-order valence-electron chi connectivity index (χ0n) is 3.56. The van der Waals surface area contributed by atoms with Gasteiger partial charge < -0.3 is 11.8 Å². The quantitative estimate of drug-likeness (QED) is 0.158. The van der Waals surface area contributed by atoms with Crippen LogP contribution < -0.4 is 29.6 Å². The molecule has 0 aliphatic heterocycles. The van der Waals surface area contributed by atoms with Crippen molar-refractivity contribution in [3.8, 4) is 0 Å². The third-order valence-electron chi connectivity index (χ3n) is 0. The summed E-state index contributed by atoms with van der Waals surface area (Å²) in [5, 5.41) is 14.9. The zero-order chi connectivity index (χ0) is 5.58. The number of hydrogen-bond donors (Lipinski definition) is 0. The monoisotopic (exact) mass is 151 g/mol. The fourth-order valence-corrected chi connectivity index (χ4v) is 0. The van der Waals surface area contributed by atoms with Crippen molar-refractivity contribution in [2.45, 2.75) is 0 Å². The number of hydrogen-bond acceptors (Lipinski definition) is 3. The predicted octanol–water partition coefficient (Wildman–Crippen LogP) is -3.17. The maximum Gasteiger partial charge on any atom is 1.00 e. The van der Waals surface area contributed by atoms with E-state index in [0.29, 0.717) is 0 Å². The molecule has 0 radical (unpaired) electrons. The van der Waals surface area contributed by atoms with E-state index in [4.69, 9.17) is 21.9 Å². The van der Waals surface area contributed by atoms with E-state index in [9.17, 15) is 0 Å². The Morgan fingerprint density at radius 3 is 1.71 bits per heavy atom. The molecule has 0 saturated heterocycles. The average molecular weight is 151 g/mol. The Hall–Kier alpha value is 0.409. The number of nitrogens with zero attached hydrogens (tertiary/aromatic N) is 2. The van der Waals surface area contributed by atoms with Crippen LogP contribution in [0.3, 0.4) is 0 Å². The van der Waals surface area contributed by atoms with E-state index in [1.165, 1.54) is 0 Å². The van der Waals surface area contributed by atoms with Crippen molar-refractivity contribution in [2.24, 2.45) is 0 Å². The van der Waals surface area contributed by atoms with E-state index in [2.05, 4.69) is 16.2 Å². The van der Waals surface area contributed by atoms with Gasteiger partial charge in [-0.2, -0.15) is 0 Å². The molecule has 0 aliphatic carbocycles. The Kier molecular flexibility index (Phi) is 36.1. The molecule has 0 unspecified atom stereocenters. The van der Waals surface area contributed by atoms with Crippen molar-refractivity contribution < 1.29 is 49.7 Å². The van der Waals surface area contributed by atoms with E-state index in [-0.39, 0.29) is 29.6 Å². The first-order chi connectivity index (χ1) is 2.73. The van der Waals surface area contributed by atoms with Crippen LogP contribution in [0.4, 0.5) is 0 Å². The van der Waals surface area contributed by atoms with Gasteiger partial charge in [-0.3, -0.25) is 0 Å². The summed E-state index contributed by atoms with van der Waals surface area (Å²) in [6.45, 7) is 4.75. The molecular formula is CFeN2NaO2. The van der Waals surface area contributed by atoms with Crippen molar-refractivity contribution in [3.63, 3.8) is 0 Å². The molecule has 4 nitrogen and oxygen atoms in total. The Balaban J connectivity index is -0.0000000480. The summed E-state index contributed by atoms with van der Waals surface area (Å²) in [6.07, 6.45) is 0. The largest absolute Gasteiger partial charge is 1.00 e. The van der Waals surface area contributed by atoms with Crippen molar-refractivity contribution in [2.75, 3.05) is 0 Å². The molecule has 35 valence electrons. The molecule has 0 rings (SSSR count). The molecule has 0 saturated carbocycles. The molecule has 0 N–H and O–H groups in total. The maximum absolute atomic E-state index is 8.69. The average Bonchev–Trinajstić information content (AvgIpc) is 1.41. The van der Waals surface area contributed by atoms with Crippen LogP contribution in [0.2, 0.25) is 0 Å². The Labute approximate surface area is 71.4 Å². The van der Waals surface area contributed by atoms with Gasteiger partial charge in [-0.1, -0.05) is 0 Å². The van der Waals surface area contributed by atoms with E-state index < -0.39 is 3.94 Å². The van der Waals surface area contributed by atoms with Gasteiger partial charge >= 0.3 is 59.8 Å². The first-order valence-electron chi connectivity index (χ1n) is 0.747. The second-order valence-electron chi connectivity index (χ2n) is 0.204. The van der Waals surface area contributed by atoms with Gasteiger partial charge in [0.2, 0.25) is 0 Å². The first-order valence-corrected chi connectivity index (χ1v) is 1.24. The van der Waals surface area contributed by atoms with Crippen molar-refractivity contribution in [1.82, 2.24) is 0 Å². The molecule has 0 bridgehead atoms. The van der Waals surface area contributed by atoms with E-state index in [1.807, 2.05) is 0 Å². The van der Waals surface area contributed by atoms with Crippen molar-refractivity contribution >= 4 is 0 Å². The molecule has 0 aliphatic rings. The summed E-state index contributed by atoms with van der Waals surface area (Å²) in [4.78, 5) is 8.69. The molecule has 0 aromatic heterocycles. The Morgan fingerprint density at radius 1 is 1.71 bits per heavy atom. The van der Waals surface area contributed by atoms with Crippen LogP contribution in [-0.2, 0) is 16.2 Å². The minimum Gasteiger partial charge on any atom is -0.512 e. The van der Waals surface area contributed by atoms with Crippen LogP contribution in [0.1, 0.15) is 0 Å². The summed E-state index contributed by atoms with van der Waals surface area (Å²) >= 11 is 2.36. The van der Waals surface area contributed by atoms with Crippen LogP contribution in [0.15, 0.2) is 0 Å². The predicted molar refractivity (Wildman–Crippen MR) is 12.0 cm³/mol. The summed E-state index contributed by atoms with van der Waals surface area (Å²) < 4.78 is -0.750. The molecule has 0 fully saturated rings. The Bertz CT molecular complexity index is 60.0. The topological polar surface area (TPSA) is 66.9 Å². The normalized spacial score (nSPS) is 3.86. The zero-order valence-corrected chi connectivity index (χ0v) is 6.67. The standard InChI is InChI=1S/CN.Fe.NO2.Na/c1-2;;2-1-3;/q-1;;;+1. The van der Waals surface area contributed by atoms with Crippen molar-refractivity contribution in [3.05, 3.63) is 16.7 Å². The van der Waals surface area contributed by atoms with Gasteiger partial charge in [0.1, 0.15) is 0 Å². The molecule has 0 atom stereocenters. The molecule has 0 amide bonds. The van der Waals surface area contributed by atoms with Crippen LogP contribution in [0.5, 0.6) is 0 Å². The van der Waals surface area contributed by atoms with E-state index in [1.54, 1.807) is 0 Å². The van der Waals surface area contributed by atoms with Gasteiger partial charge in [0, 0.05) is 0 Å². The SMILES string of the molecule is O=[N+]([O-])[Fe].[C-]#N.[Na+]. The maximum atomic E-state index is 8.69. The summed E-state index contributed by atoms with van der Waals surface area (Å²) in [5.74, 6) is 0. The molecule has 6 heteroatoms. The van der Waals surface area contributed by atoms with Crippen LogP contribution >= 0.6 is 0 Å². The van der Waals surface area contributed by atoms with Gasteiger partial charge in [-0.05, 0) is 0 Å². The molecule has 0 aromatic rings. The second-order valence-corrected chi connectivity index (χ2v) is 0.607. The smallest absolute Gasteiger partial charge is 0.512 e. The van der Waals surface area contributed by atoms with Crippen LogP contribution in [0, 0.1) is 21.9 Å². The molecule has 7 heavy (non-hydrogen) atoms. The van der Waals surface area contributed by atoms with Gasteiger partial charge in [0.05, 0.1) is 0 Å². The molecule has 0 spiro atoms. The van der Waals surface area contributed by atoms with Gasteiger partial charge in [-0.25, -0.2) is 0 Å². The third-order valence-corrected chi connectivity index (χ3v) is 0. The van der Waals surface area contributed by atoms with Gasteiger partial charge in [-0.15, -0.1) is 0 Å².